The summed E-state index contributed by atoms with van der Waals surface area (Å²) in [7, 11) is 1.69. The van der Waals surface area contributed by atoms with E-state index in [2.05, 4.69) is 0 Å². The van der Waals surface area contributed by atoms with Crippen molar-refractivity contribution in [1.82, 2.24) is 4.42 Å². The van der Waals surface area contributed by atoms with Crippen molar-refractivity contribution in [2.75, 3.05) is 33.4 Å². The van der Waals surface area contributed by atoms with Crippen LogP contribution >= 0.6 is 11.8 Å². The SMILES string of the molecule is COCCOC1CCN(Cl)CC1. The number of piperidine rings is 1. The highest BCUT2D eigenvalue weighted by molar-refractivity contribution is 6.13. The molecule has 0 radical (unpaired) electrons. The molecule has 72 valence electrons. The van der Waals surface area contributed by atoms with Gasteiger partial charge in [0.15, 0.2) is 0 Å². The van der Waals surface area contributed by atoms with Gasteiger partial charge in [-0.15, -0.1) is 0 Å². The maximum Gasteiger partial charge on any atom is 0.0704 e. The first-order chi connectivity index (χ1) is 5.83. The number of rotatable bonds is 4. The number of ether oxygens (including phenoxy) is 2. The van der Waals surface area contributed by atoms with E-state index in [0.717, 1.165) is 25.9 Å². The number of nitrogens with zero attached hydrogens (tertiary/aromatic N) is 1. The monoisotopic (exact) mass is 193 g/mol. The predicted molar refractivity (Wildman–Crippen MR) is 48.3 cm³/mol. The molecule has 1 saturated heterocycles. The Morgan fingerprint density at radius 3 is 2.58 bits per heavy atom. The van der Waals surface area contributed by atoms with E-state index in [4.69, 9.17) is 21.3 Å². The lowest BCUT2D eigenvalue weighted by atomic mass is 10.1. The third-order valence-electron chi connectivity index (χ3n) is 2.03. The van der Waals surface area contributed by atoms with E-state index < -0.39 is 0 Å². The Morgan fingerprint density at radius 1 is 1.33 bits per heavy atom. The van der Waals surface area contributed by atoms with Crippen molar-refractivity contribution in [3.8, 4) is 0 Å². The van der Waals surface area contributed by atoms with Crippen LogP contribution in [-0.2, 0) is 9.47 Å². The van der Waals surface area contributed by atoms with Crippen LogP contribution in [0.5, 0.6) is 0 Å². The molecule has 0 saturated carbocycles. The number of methoxy groups -OCH3 is 1. The number of hydrogen-bond donors (Lipinski definition) is 0. The Labute approximate surface area is 78.7 Å². The van der Waals surface area contributed by atoms with E-state index in [0.29, 0.717) is 19.3 Å². The minimum absolute atomic E-state index is 0.384. The fraction of sp³-hybridized carbons (Fsp3) is 1.00. The van der Waals surface area contributed by atoms with Crippen LogP contribution in [0.3, 0.4) is 0 Å². The van der Waals surface area contributed by atoms with E-state index in [1.165, 1.54) is 0 Å². The molecule has 12 heavy (non-hydrogen) atoms. The number of halogens is 1. The van der Waals surface area contributed by atoms with Crippen LogP contribution in [0.2, 0.25) is 0 Å². The largest absolute Gasteiger partial charge is 0.382 e. The van der Waals surface area contributed by atoms with Crippen molar-refractivity contribution < 1.29 is 9.47 Å². The number of hydrogen-bond acceptors (Lipinski definition) is 3. The molecule has 0 bridgehead atoms. The maximum absolute atomic E-state index is 5.80. The second-order valence-corrected chi connectivity index (χ2v) is 3.45. The molecule has 0 aromatic rings. The van der Waals surface area contributed by atoms with E-state index >= 15 is 0 Å². The summed E-state index contributed by atoms with van der Waals surface area (Å²) in [5.41, 5.74) is 0. The molecular formula is C8H16ClNO2. The topological polar surface area (TPSA) is 21.7 Å². The second kappa shape index (κ2) is 5.75. The molecule has 0 N–H and O–H groups in total. The molecule has 3 nitrogen and oxygen atoms in total. The van der Waals surface area contributed by atoms with Crippen LogP contribution in [0.15, 0.2) is 0 Å². The van der Waals surface area contributed by atoms with Crippen LogP contribution in [0.25, 0.3) is 0 Å². The summed E-state index contributed by atoms with van der Waals surface area (Å²) in [6, 6.07) is 0. The van der Waals surface area contributed by atoms with Crippen molar-refractivity contribution >= 4 is 11.8 Å². The van der Waals surface area contributed by atoms with E-state index in [1.807, 2.05) is 4.42 Å². The molecule has 1 fully saturated rings. The molecule has 0 aromatic carbocycles. The summed E-state index contributed by atoms with van der Waals surface area (Å²) in [6.45, 7) is 3.24. The molecule has 1 heterocycles. The molecule has 0 aliphatic carbocycles. The summed E-state index contributed by atoms with van der Waals surface area (Å²) in [4.78, 5) is 0. The van der Waals surface area contributed by atoms with Gasteiger partial charge in [0.05, 0.1) is 19.3 Å². The van der Waals surface area contributed by atoms with Crippen LogP contribution in [-0.4, -0.2) is 43.9 Å². The van der Waals surface area contributed by atoms with Gasteiger partial charge in [-0.25, -0.2) is 4.42 Å². The Morgan fingerprint density at radius 2 is 2.00 bits per heavy atom. The molecule has 0 amide bonds. The molecule has 0 atom stereocenters. The Hall–Kier alpha value is 0.170. The van der Waals surface area contributed by atoms with Gasteiger partial charge in [-0.05, 0) is 24.6 Å². The highest BCUT2D eigenvalue weighted by Crippen LogP contribution is 2.14. The molecule has 0 aromatic heterocycles. The van der Waals surface area contributed by atoms with Crippen molar-refractivity contribution in [3.05, 3.63) is 0 Å². The van der Waals surface area contributed by atoms with Crippen molar-refractivity contribution in [2.45, 2.75) is 18.9 Å². The fourth-order valence-electron chi connectivity index (χ4n) is 1.29. The van der Waals surface area contributed by atoms with Crippen LogP contribution in [0, 0.1) is 0 Å². The van der Waals surface area contributed by atoms with Gasteiger partial charge in [-0.3, -0.25) is 0 Å². The van der Waals surface area contributed by atoms with Gasteiger partial charge >= 0.3 is 0 Å². The van der Waals surface area contributed by atoms with Crippen LogP contribution in [0.4, 0.5) is 0 Å². The van der Waals surface area contributed by atoms with Crippen LogP contribution in [0.1, 0.15) is 12.8 Å². The summed E-state index contributed by atoms with van der Waals surface area (Å²) >= 11 is 5.80. The first-order valence-electron chi connectivity index (χ1n) is 4.34. The highest BCUT2D eigenvalue weighted by atomic mass is 35.5. The van der Waals surface area contributed by atoms with E-state index in [9.17, 15) is 0 Å². The van der Waals surface area contributed by atoms with Gasteiger partial charge in [0.2, 0.25) is 0 Å². The maximum atomic E-state index is 5.80. The molecule has 4 heteroatoms. The summed E-state index contributed by atoms with van der Waals surface area (Å²) in [5.74, 6) is 0. The molecular weight excluding hydrogens is 178 g/mol. The Bertz CT molecular complexity index is 116. The Balaban J connectivity index is 2.01. The van der Waals surface area contributed by atoms with Crippen molar-refractivity contribution in [2.24, 2.45) is 0 Å². The zero-order chi connectivity index (χ0) is 8.81. The summed E-state index contributed by atoms with van der Waals surface area (Å²) in [5, 5.41) is 0. The van der Waals surface area contributed by atoms with Gasteiger partial charge in [0.25, 0.3) is 0 Å². The zero-order valence-electron chi connectivity index (χ0n) is 7.46. The average molecular weight is 194 g/mol. The molecule has 0 spiro atoms. The molecule has 1 rings (SSSR count). The summed E-state index contributed by atoms with van der Waals surface area (Å²) < 4.78 is 12.3. The minimum Gasteiger partial charge on any atom is -0.382 e. The molecule has 1 aliphatic heterocycles. The molecule has 1 aliphatic rings. The third kappa shape index (κ3) is 3.72. The molecule has 0 unspecified atom stereocenters. The lowest BCUT2D eigenvalue weighted by Gasteiger charge is -2.26. The minimum atomic E-state index is 0.384. The predicted octanol–water partition coefficient (Wildman–Crippen LogP) is 1.27. The Kier molecular flexibility index (Phi) is 4.92. The standard InChI is InChI=1S/C8H16ClNO2/c1-11-6-7-12-8-2-4-10(9)5-3-8/h8H,2-7H2,1H3. The highest BCUT2D eigenvalue weighted by Gasteiger charge is 2.17. The zero-order valence-corrected chi connectivity index (χ0v) is 8.22. The summed E-state index contributed by atoms with van der Waals surface area (Å²) in [6.07, 6.45) is 2.45. The normalized spacial score (nSPS) is 21.5. The fourth-order valence-corrected chi connectivity index (χ4v) is 1.48. The van der Waals surface area contributed by atoms with E-state index in [1.54, 1.807) is 7.11 Å². The van der Waals surface area contributed by atoms with Crippen molar-refractivity contribution in [3.63, 3.8) is 0 Å². The lowest BCUT2D eigenvalue weighted by Crippen LogP contribution is -2.31. The third-order valence-corrected chi connectivity index (χ3v) is 2.37. The van der Waals surface area contributed by atoms with Gasteiger partial charge < -0.3 is 9.47 Å². The lowest BCUT2D eigenvalue weighted by molar-refractivity contribution is -0.00489. The van der Waals surface area contributed by atoms with Crippen molar-refractivity contribution in [1.29, 1.82) is 0 Å². The first-order valence-corrected chi connectivity index (χ1v) is 4.68. The second-order valence-electron chi connectivity index (χ2n) is 2.97. The van der Waals surface area contributed by atoms with Gasteiger partial charge in [-0.2, -0.15) is 0 Å². The quantitative estimate of drug-likeness (QED) is 0.496. The van der Waals surface area contributed by atoms with Gasteiger partial charge in [0.1, 0.15) is 0 Å². The van der Waals surface area contributed by atoms with Crippen LogP contribution < -0.4 is 0 Å². The van der Waals surface area contributed by atoms with Gasteiger partial charge in [0, 0.05) is 20.2 Å². The average Bonchev–Trinajstić information content (AvgIpc) is 2.09. The smallest absolute Gasteiger partial charge is 0.0704 e. The van der Waals surface area contributed by atoms with Gasteiger partial charge in [-0.1, -0.05) is 0 Å². The van der Waals surface area contributed by atoms with E-state index in [-0.39, 0.29) is 0 Å². The first kappa shape index (κ1) is 10.3.